The summed E-state index contributed by atoms with van der Waals surface area (Å²) in [5.74, 6) is 0. The molecule has 0 amide bonds. The minimum Gasteiger partial charge on any atom is -0.149 e. The summed E-state index contributed by atoms with van der Waals surface area (Å²) in [4.78, 5) is 1.51. The zero-order chi connectivity index (χ0) is 12.1. The van der Waals surface area contributed by atoms with Crippen LogP contribution in [0.15, 0.2) is 35.7 Å². The van der Waals surface area contributed by atoms with E-state index in [2.05, 4.69) is 49.6 Å². The Labute approximate surface area is 108 Å². The molecule has 0 bridgehead atoms. The number of thiophene rings is 1. The minimum absolute atomic E-state index is 1.14. The molecular weight excluding hydrogens is 224 g/mol. The van der Waals surface area contributed by atoms with Crippen molar-refractivity contribution in [2.45, 2.75) is 39.5 Å². The van der Waals surface area contributed by atoms with E-state index in [1.165, 1.54) is 40.8 Å². The topological polar surface area (TPSA) is 0 Å². The van der Waals surface area contributed by atoms with E-state index in [-0.39, 0.29) is 0 Å². The predicted molar refractivity (Wildman–Crippen MR) is 76.9 cm³/mol. The lowest BCUT2D eigenvalue weighted by Crippen LogP contribution is -1.92. The third-order valence-electron chi connectivity index (χ3n) is 3.07. The Bertz CT molecular complexity index is 454. The van der Waals surface area contributed by atoms with Gasteiger partial charge in [-0.15, -0.1) is 11.3 Å². The Kier molecular flexibility index (Phi) is 4.38. The van der Waals surface area contributed by atoms with E-state index in [0.29, 0.717) is 0 Å². The molecule has 0 aliphatic rings. The second-order valence-corrected chi connectivity index (χ2v) is 5.65. The first-order valence-corrected chi connectivity index (χ1v) is 7.27. The van der Waals surface area contributed by atoms with Gasteiger partial charge < -0.3 is 0 Å². The van der Waals surface area contributed by atoms with Crippen molar-refractivity contribution in [1.29, 1.82) is 0 Å². The van der Waals surface area contributed by atoms with Gasteiger partial charge in [-0.25, -0.2) is 0 Å². The summed E-state index contributed by atoms with van der Waals surface area (Å²) in [6.45, 7) is 4.42. The Hall–Kier alpha value is -1.08. The van der Waals surface area contributed by atoms with Crippen molar-refractivity contribution >= 4 is 11.3 Å². The molecule has 0 nitrogen and oxygen atoms in total. The van der Waals surface area contributed by atoms with Gasteiger partial charge in [-0.3, -0.25) is 0 Å². The van der Waals surface area contributed by atoms with Gasteiger partial charge in [0.2, 0.25) is 0 Å². The summed E-state index contributed by atoms with van der Waals surface area (Å²) < 4.78 is 0. The molecule has 2 rings (SSSR count). The van der Waals surface area contributed by atoms with Crippen LogP contribution in [0.3, 0.4) is 0 Å². The Morgan fingerprint density at radius 1 is 1.06 bits per heavy atom. The van der Waals surface area contributed by atoms with Crippen LogP contribution in [0.5, 0.6) is 0 Å². The van der Waals surface area contributed by atoms with Gasteiger partial charge in [-0.05, 0) is 55.2 Å². The summed E-state index contributed by atoms with van der Waals surface area (Å²) >= 11 is 1.87. The lowest BCUT2D eigenvalue weighted by atomic mass is 10.0. The van der Waals surface area contributed by atoms with Crippen LogP contribution < -0.4 is 0 Å². The van der Waals surface area contributed by atoms with Crippen LogP contribution in [0.4, 0.5) is 0 Å². The van der Waals surface area contributed by atoms with Crippen LogP contribution in [0.25, 0.3) is 0 Å². The minimum atomic E-state index is 1.14. The number of benzene rings is 1. The quantitative estimate of drug-likeness (QED) is 0.709. The van der Waals surface area contributed by atoms with Crippen LogP contribution in [0, 0.1) is 6.92 Å². The molecule has 17 heavy (non-hydrogen) atoms. The van der Waals surface area contributed by atoms with Gasteiger partial charge in [0, 0.05) is 4.88 Å². The number of aryl methyl sites for hydroxylation is 4. The third-order valence-corrected chi connectivity index (χ3v) is 4.01. The molecule has 90 valence electrons. The van der Waals surface area contributed by atoms with Gasteiger partial charge in [-0.1, -0.05) is 36.8 Å². The molecule has 1 heteroatoms. The molecule has 1 aromatic carbocycles. The fourth-order valence-corrected chi connectivity index (χ4v) is 2.97. The molecular formula is C16H20S. The largest absolute Gasteiger partial charge is 0.149 e. The molecule has 0 atom stereocenters. The predicted octanol–water partition coefficient (Wildman–Crippen LogP) is 4.79. The first-order chi connectivity index (χ1) is 8.28. The molecule has 1 heterocycles. The number of rotatable bonds is 5. The van der Waals surface area contributed by atoms with Gasteiger partial charge in [0.05, 0.1) is 0 Å². The van der Waals surface area contributed by atoms with Crippen LogP contribution >= 0.6 is 11.3 Å². The first-order valence-electron chi connectivity index (χ1n) is 6.39. The molecule has 2 aromatic rings. The van der Waals surface area contributed by atoms with Gasteiger partial charge in [-0.2, -0.15) is 0 Å². The van der Waals surface area contributed by atoms with E-state index in [4.69, 9.17) is 0 Å². The molecule has 0 radical (unpaired) electrons. The maximum atomic E-state index is 2.36. The molecule has 0 unspecified atom stereocenters. The highest BCUT2D eigenvalue weighted by Crippen LogP contribution is 2.15. The van der Waals surface area contributed by atoms with E-state index in [0.717, 1.165) is 6.42 Å². The van der Waals surface area contributed by atoms with Gasteiger partial charge in [0.15, 0.2) is 0 Å². The molecule has 1 aromatic heterocycles. The van der Waals surface area contributed by atoms with E-state index >= 15 is 0 Å². The van der Waals surface area contributed by atoms with Crippen LogP contribution in [0.1, 0.15) is 34.9 Å². The van der Waals surface area contributed by atoms with Crippen molar-refractivity contribution in [3.8, 4) is 0 Å². The average molecular weight is 244 g/mol. The van der Waals surface area contributed by atoms with Gasteiger partial charge in [0.25, 0.3) is 0 Å². The first kappa shape index (κ1) is 12.4. The lowest BCUT2D eigenvalue weighted by molar-refractivity contribution is 0.828. The van der Waals surface area contributed by atoms with Gasteiger partial charge >= 0.3 is 0 Å². The van der Waals surface area contributed by atoms with Crippen molar-refractivity contribution < 1.29 is 0 Å². The molecule has 0 saturated heterocycles. The molecule has 0 saturated carbocycles. The summed E-state index contributed by atoms with van der Waals surface area (Å²) in [6.07, 6.45) is 4.81. The highest BCUT2D eigenvalue weighted by molar-refractivity contribution is 7.09. The van der Waals surface area contributed by atoms with Crippen LogP contribution in [0.2, 0.25) is 0 Å². The summed E-state index contributed by atoms with van der Waals surface area (Å²) in [7, 11) is 0. The highest BCUT2D eigenvalue weighted by Gasteiger charge is 1.99. The molecule has 0 spiro atoms. The van der Waals surface area contributed by atoms with E-state index < -0.39 is 0 Å². The van der Waals surface area contributed by atoms with Crippen molar-refractivity contribution in [2.24, 2.45) is 0 Å². The summed E-state index contributed by atoms with van der Waals surface area (Å²) in [6, 6.07) is 11.4. The van der Waals surface area contributed by atoms with Crippen LogP contribution in [-0.2, 0) is 19.3 Å². The van der Waals surface area contributed by atoms with Crippen molar-refractivity contribution in [2.75, 3.05) is 0 Å². The normalized spacial score (nSPS) is 10.7. The van der Waals surface area contributed by atoms with Crippen molar-refractivity contribution in [3.63, 3.8) is 0 Å². The van der Waals surface area contributed by atoms with E-state index in [1.807, 2.05) is 11.3 Å². The van der Waals surface area contributed by atoms with E-state index in [1.54, 1.807) is 0 Å². The Morgan fingerprint density at radius 3 is 2.59 bits per heavy atom. The highest BCUT2D eigenvalue weighted by atomic mass is 32.1. The summed E-state index contributed by atoms with van der Waals surface area (Å²) in [5, 5.41) is 2.16. The van der Waals surface area contributed by atoms with E-state index in [9.17, 15) is 0 Å². The lowest BCUT2D eigenvalue weighted by Gasteiger charge is -2.06. The molecule has 0 N–H and O–H groups in total. The maximum Gasteiger partial charge on any atom is 0.00453 e. The molecule has 0 aliphatic heterocycles. The summed E-state index contributed by atoms with van der Waals surface area (Å²) in [5.41, 5.74) is 4.37. The SMILES string of the molecule is CCc1cc(C)cc(CCCc2cccs2)c1. The molecule has 0 fully saturated rings. The number of hydrogen-bond acceptors (Lipinski definition) is 1. The zero-order valence-corrected chi connectivity index (χ0v) is 11.5. The van der Waals surface area contributed by atoms with Crippen molar-refractivity contribution in [1.82, 2.24) is 0 Å². The fourth-order valence-electron chi connectivity index (χ4n) is 2.22. The van der Waals surface area contributed by atoms with Gasteiger partial charge in [0.1, 0.15) is 0 Å². The second kappa shape index (κ2) is 6.02. The number of hydrogen-bond donors (Lipinski definition) is 0. The standard InChI is InChI=1S/C16H20S/c1-3-14-10-13(2)11-15(12-14)6-4-7-16-8-5-9-17-16/h5,8-12H,3-4,6-7H2,1-2H3. The zero-order valence-electron chi connectivity index (χ0n) is 10.7. The Balaban J connectivity index is 1.92. The van der Waals surface area contributed by atoms with Crippen molar-refractivity contribution in [3.05, 3.63) is 57.3 Å². The monoisotopic (exact) mass is 244 g/mol. The van der Waals surface area contributed by atoms with Crippen LogP contribution in [-0.4, -0.2) is 0 Å². The molecule has 0 aliphatic carbocycles. The fraction of sp³-hybridized carbons (Fsp3) is 0.375. The smallest absolute Gasteiger partial charge is 0.00453 e. The third kappa shape index (κ3) is 3.71. The maximum absolute atomic E-state index is 2.36. The Morgan fingerprint density at radius 2 is 1.88 bits per heavy atom. The second-order valence-electron chi connectivity index (χ2n) is 4.61. The average Bonchev–Trinajstić information content (AvgIpc) is 2.81.